The monoisotopic (exact) mass is 1220 g/mol. The Balaban J connectivity index is 0.000000222. The first kappa shape index (κ1) is 65.8. The Bertz CT molecular complexity index is 3840. The van der Waals surface area contributed by atoms with Gasteiger partial charge < -0.3 is 33.4 Å². The number of carbonyl (C=O) groups is 4. The Kier molecular flexibility index (Phi) is 23.7. The van der Waals surface area contributed by atoms with E-state index in [1.165, 1.54) is 31.2 Å². The lowest BCUT2D eigenvalue weighted by Crippen LogP contribution is -2.36. The molecule has 1 amide bonds. The molecule has 0 fully saturated rings. The number of pyridine rings is 1. The van der Waals surface area contributed by atoms with Gasteiger partial charge in [-0.15, -0.1) is 0 Å². The average Bonchev–Trinajstić information content (AvgIpc) is 1.40. The van der Waals surface area contributed by atoms with Gasteiger partial charge in [-0.05, 0) is 110 Å². The summed E-state index contributed by atoms with van der Waals surface area (Å²) in [4.78, 5) is 49.8. The van der Waals surface area contributed by atoms with Gasteiger partial charge in [-0.1, -0.05) is 173 Å². The third-order valence-electron chi connectivity index (χ3n) is 16.4. The number of rotatable bonds is 30. The van der Waals surface area contributed by atoms with Crippen molar-refractivity contribution in [1.82, 2.24) is 13.6 Å². The third kappa shape index (κ3) is 18.3. The summed E-state index contributed by atoms with van der Waals surface area (Å²) < 4.78 is 30.2. The number of hydrogen-bond donors (Lipinski definition) is 1. The van der Waals surface area contributed by atoms with Crippen molar-refractivity contribution in [3.8, 4) is 5.75 Å². The van der Waals surface area contributed by atoms with Crippen LogP contribution in [0, 0.1) is 0 Å². The van der Waals surface area contributed by atoms with Crippen molar-refractivity contribution < 1.29 is 42.7 Å². The number of unbranched alkanes of at least 4 members (excludes halogenated alkanes) is 10. The maximum Gasteiger partial charge on any atom is 0.354 e. The maximum atomic E-state index is 13.0. The Hall–Kier alpha value is -9.59. The highest BCUT2D eigenvalue weighted by molar-refractivity contribution is 6.05. The number of nitrogens with zero attached hydrogens (tertiary/aromatic N) is 4. The summed E-state index contributed by atoms with van der Waals surface area (Å²) in [5.41, 5.74) is 9.02. The normalized spacial score (nSPS) is 11.4. The van der Waals surface area contributed by atoms with Crippen LogP contribution in [-0.2, 0) is 51.2 Å². The number of aromatic nitrogens is 3. The number of carbonyl (C=O) groups excluding carboxylic acids is 4. The first-order valence-corrected chi connectivity index (χ1v) is 32.0. The van der Waals surface area contributed by atoms with Gasteiger partial charge in [-0.2, -0.15) is 0 Å². The second kappa shape index (κ2) is 32.8. The van der Waals surface area contributed by atoms with E-state index in [2.05, 4.69) is 102 Å². The SMILES string of the molecule is COC(=O)c1cc2cc(OC(c3ccccc3)(c3ccccc3)c3ccccc3)ccc2n1CCCCCCCCOC(=O)c1ccc[n+](C)c1.C[N+](C)(C)c1ccc(CC(=O)OCCCCCCCCn2ccc3cc(NC(=O)c4ccccc4)ccc32)cc1. The molecule has 1 N–H and O–H groups in total. The van der Waals surface area contributed by atoms with E-state index in [4.69, 9.17) is 18.9 Å². The summed E-state index contributed by atoms with van der Waals surface area (Å²) in [7, 11) is 9.68. The van der Waals surface area contributed by atoms with Crippen molar-refractivity contribution in [2.24, 2.45) is 7.05 Å². The van der Waals surface area contributed by atoms with Gasteiger partial charge in [0.15, 0.2) is 18.0 Å². The molecule has 13 heteroatoms. The van der Waals surface area contributed by atoms with E-state index in [1.807, 2.05) is 157 Å². The largest absolute Gasteiger partial charge is 0.473 e. The van der Waals surface area contributed by atoms with Gasteiger partial charge in [0.1, 0.15) is 29.7 Å². The van der Waals surface area contributed by atoms with Crippen molar-refractivity contribution in [2.75, 3.05) is 46.8 Å². The minimum Gasteiger partial charge on any atom is -0.473 e. The van der Waals surface area contributed by atoms with E-state index in [1.54, 1.807) is 12.3 Å². The van der Waals surface area contributed by atoms with Gasteiger partial charge in [0.25, 0.3) is 5.91 Å². The predicted molar refractivity (Wildman–Crippen MR) is 363 cm³/mol. The molecule has 0 saturated carbocycles. The molecule has 0 atom stereocenters. The number of methoxy groups -OCH3 is 1. The molecule has 0 unspecified atom stereocenters. The van der Waals surface area contributed by atoms with Gasteiger partial charge >= 0.3 is 17.9 Å². The van der Waals surface area contributed by atoms with Crippen molar-refractivity contribution in [1.29, 1.82) is 0 Å². The zero-order chi connectivity index (χ0) is 63.8. The van der Waals surface area contributed by atoms with E-state index >= 15 is 0 Å². The lowest BCUT2D eigenvalue weighted by atomic mass is 9.80. The average molecular weight is 1220 g/mol. The fourth-order valence-electron chi connectivity index (χ4n) is 11.6. The van der Waals surface area contributed by atoms with E-state index < -0.39 is 5.60 Å². The quantitative estimate of drug-likeness (QED) is 0.0118. The molecule has 0 spiro atoms. The summed E-state index contributed by atoms with van der Waals surface area (Å²) in [6.07, 6.45) is 18.6. The zero-order valence-corrected chi connectivity index (χ0v) is 53.4. The van der Waals surface area contributed by atoms with Crippen LogP contribution in [0.25, 0.3) is 21.8 Å². The Labute approximate surface area is 536 Å². The smallest absolute Gasteiger partial charge is 0.354 e. The first-order valence-electron chi connectivity index (χ1n) is 32.0. The molecule has 91 heavy (non-hydrogen) atoms. The van der Waals surface area contributed by atoms with E-state index in [-0.39, 0.29) is 23.8 Å². The lowest BCUT2D eigenvalue weighted by Gasteiger charge is -2.36. The highest BCUT2D eigenvalue weighted by Gasteiger charge is 2.39. The van der Waals surface area contributed by atoms with E-state index in [0.29, 0.717) is 48.7 Å². The first-order chi connectivity index (χ1) is 44.3. The molecule has 10 aromatic rings. The van der Waals surface area contributed by atoms with Crippen molar-refractivity contribution in [3.05, 3.63) is 264 Å². The van der Waals surface area contributed by atoms with Crippen LogP contribution in [0.2, 0.25) is 0 Å². The number of aryl methyl sites for hydroxylation is 3. The number of hydrogen-bond acceptors (Lipinski definition) is 8. The van der Waals surface area contributed by atoms with Crippen LogP contribution in [0.5, 0.6) is 5.75 Å². The molecule has 3 heterocycles. The summed E-state index contributed by atoms with van der Waals surface area (Å²) >= 11 is 0. The Morgan fingerprint density at radius 3 is 1.66 bits per heavy atom. The van der Waals surface area contributed by atoms with Gasteiger partial charge in [0, 0.05) is 75.1 Å². The number of amides is 1. The maximum absolute atomic E-state index is 13.0. The Morgan fingerprint density at radius 1 is 0.516 bits per heavy atom. The number of nitrogens with one attached hydrogen (secondary N) is 1. The Morgan fingerprint density at radius 2 is 1.07 bits per heavy atom. The van der Waals surface area contributed by atoms with Crippen LogP contribution < -0.4 is 19.1 Å². The summed E-state index contributed by atoms with van der Waals surface area (Å²) in [5, 5.41) is 5.03. The minimum atomic E-state index is -0.910. The number of benzene rings is 7. The molecule has 0 aliphatic carbocycles. The minimum absolute atomic E-state index is 0.0982. The molecule has 13 nitrogen and oxygen atoms in total. The summed E-state index contributed by atoms with van der Waals surface area (Å²) in [6, 6.07) is 68.1. The van der Waals surface area contributed by atoms with Crippen LogP contribution in [0.1, 0.15) is 131 Å². The number of fused-ring (bicyclic) bond motifs is 2. The lowest BCUT2D eigenvalue weighted by molar-refractivity contribution is -0.671. The van der Waals surface area contributed by atoms with Crippen LogP contribution in [0.3, 0.4) is 0 Å². The third-order valence-corrected chi connectivity index (χ3v) is 16.4. The molecule has 0 bridgehead atoms. The van der Waals surface area contributed by atoms with Crippen molar-refractivity contribution >= 4 is 57.0 Å². The van der Waals surface area contributed by atoms with Gasteiger partial charge in [-0.25, -0.2) is 14.2 Å². The van der Waals surface area contributed by atoms with Crippen LogP contribution in [0.4, 0.5) is 11.4 Å². The standard InChI is InChI=1S/C44H45N2O5.C34H41N3O3/c1-45-28-18-19-34(33-45)42(47)50-30-17-6-4-3-5-16-29-46-40-27-26-39(31-35(40)32-41(46)43(48)49-2)51-44(36-20-10-7-11-21-36,37-22-12-8-13-23-37)38-24-14-9-15-25-38;1-37(2,3)31-18-15-27(16-19-31)25-33(38)40-24-12-7-5-4-6-11-22-36-23-21-29-26-30(17-20-32(29)36)35-34(39)28-13-9-8-10-14-28/h7-15,18-28,31-33H,3-6,16-17,29-30H2,1-2H3;8-10,13-21,23,26H,4-7,11-12,22,24-25H2,1-3H3/q+1;/p+1. The van der Waals surface area contributed by atoms with Crippen LogP contribution in [-0.4, -0.2) is 74.4 Å². The number of ether oxygens (including phenoxy) is 4. The molecule has 470 valence electrons. The van der Waals surface area contributed by atoms with Gasteiger partial charge in [0.05, 0.1) is 47.9 Å². The molecular weight excluding hydrogens is 1130 g/mol. The zero-order valence-electron chi connectivity index (χ0n) is 53.4. The summed E-state index contributed by atoms with van der Waals surface area (Å²) in [6.45, 7) is 2.60. The second-order valence-electron chi connectivity index (χ2n) is 24.1. The topological polar surface area (TPSA) is 131 Å². The van der Waals surface area contributed by atoms with Gasteiger partial charge in [-0.3, -0.25) is 14.1 Å². The highest BCUT2D eigenvalue weighted by atomic mass is 16.5. The molecular formula is C78H87N5O8+2. The second-order valence-corrected chi connectivity index (χ2v) is 24.1. The van der Waals surface area contributed by atoms with Crippen LogP contribution >= 0.6 is 0 Å². The van der Waals surface area contributed by atoms with E-state index in [9.17, 15) is 19.2 Å². The molecule has 0 radical (unpaired) electrons. The number of esters is 3. The van der Waals surface area contributed by atoms with Crippen LogP contribution in [0.15, 0.2) is 225 Å². The highest BCUT2D eigenvalue weighted by Crippen LogP contribution is 2.42. The molecule has 0 aliphatic heterocycles. The number of anilines is 1. The molecule has 7 aromatic carbocycles. The predicted octanol–water partition coefficient (Wildman–Crippen LogP) is 16.0. The molecule has 0 saturated heterocycles. The fourth-order valence-corrected chi connectivity index (χ4v) is 11.6. The fraction of sp³-hybridized carbons (Fsp3) is 0.295. The summed E-state index contributed by atoms with van der Waals surface area (Å²) in [5.74, 6) is -0.203. The molecule has 0 aliphatic rings. The van der Waals surface area contributed by atoms with Crippen molar-refractivity contribution in [2.45, 2.75) is 102 Å². The number of quaternary nitrogens is 1. The van der Waals surface area contributed by atoms with Gasteiger partial charge in [0.2, 0.25) is 0 Å². The van der Waals surface area contributed by atoms with E-state index in [0.717, 1.165) is 119 Å². The molecule has 3 aromatic heterocycles. The molecule has 10 rings (SSSR count). The van der Waals surface area contributed by atoms with Crippen molar-refractivity contribution in [3.63, 3.8) is 0 Å².